The predicted octanol–water partition coefficient (Wildman–Crippen LogP) is 4.35. The van der Waals surface area contributed by atoms with Gasteiger partial charge in [-0.3, -0.25) is 19.3 Å². The molecule has 0 radical (unpaired) electrons. The first-order valence-electron chi connectivity index (χ1n) is 11.9. The molecule has 7 heteroatoms. The number of ketones is 1. The van der Waals surface area contributed by atoms with Gasteiger partial charge in [-0.1, -0.05) is 60.1 Å². The molecule has 180 valence electrons. The molecule has 0 aromatic heterocycles. The van der Waals surface area contributed by atoms with Gasteiger partial charge in [-0.2, -0.15) is 0 Å². The molecule has 0 saturated carbocycles. The van der Waals surface area contributed by atoms with E-state index in [2.05, 4.69) is 0 Å². The first-order chi connectivity index (χ1) is 17.4. The van der Waals surface area contributed by atoms with Crippen LogP contribution in [0.5, 0.6) is 0 Å². The highest BCUT2D eigenvalue weighted by Gasteiger charge is 2.62. The van der Waals surface area contributed by atoms with Crippen LogP contribution in [0.2, 0.25) is 5.02 Å². The molecular weight excluding hydrogens is 478 g/mol. The predicted molar refractivity (Wildman–Crippen MR) is 132 cm³/mol. The number of imide groups is 1. The van der Waals surface area contributed by atoms with Crippen molar-refractivity contribution < 1.29 is 23.9 Å². The molecule has 1 aliphatic heterocycles. The van der Waals surface area contributed by atoms with Crippen LogP contribution >= 0.6 is 11.6 Å². The van der Waals surface area contributed by atoms with Gasteiger partial charge < -0.3 is 4.74 Å². The Kier molecular flexibility index (Phi) is 5.30. The van der Waals surface area contributed by atoms with Crippen molar-refractivity contribution in [3.8, 4) is 0 Å². The maximum absolute atomic E-state index is 13.7. The molecular formula is C29H22ClNO5. The Morgan fingerprint density at radius 2 is 1.25 bits per heavy atom. The fraction of sp³-hybridized carbons (Fsp3) is 0.241. The number of hydrogen-bond acceptors (Lipinski definition) is 5. The lowest BCUT2D eigenvalue weighted by Gasteiger charge is -2.45. The summed E-state index contributed by atoms with van der Waals surface area (Å²) in [5.41, 5.74) is 4.61. The van der Waals surface area contributed by atoms with E-state index in [1.54, 1.807) is 24.3 Å². The highest BCUT2D eigenvalue weighted by Crippen LogP contribution is 2.61. The van der Waals surface area contributed by atoms with Gasteiger partial charge in [-0.15, -0.1) is 0 Å². The number of esters is 1. The van der Waals surface area contributed by atoms with Gasteiger partial charge >= 0.3 is 5.97 Å². The number of Topliss-reactive ketones (excluding diaryl/α,β-unsaturated/α-hetero) is 1. The molecule has 6 nitrogen and oxygen atoms in total. The second kappa shape index (κ2) is 8.42. The topological polar surface area (TPSA) is 80.8 Å². The van der Waals surface area contributed by atoms with Gasteiger partial charge in [0.25, 0.3) is 0 Å². The molecule has 3 aliphatic carbocycles. The fourth-order valence-corrected chi connectivity index (χ4v) is 6.29. The standard InChI is InChI=1S/C29H22ClNO5/c1-15(29(35)36-14-22(32)16-10-12-17(30)13-11-16)31-27(33)25-23-18-6-2-3-7-19(18)24(26(25)28(31)34)21-9-5-4-8-20(21)23/h2-13,15,23-26H,14H2,1H3/t15-,23?,24?,25-,26-/m1/s1. The van der Waals surface area contributed by atoms with Crippen molar-refractivity contribution >= 4 is 35.2 Å². The highest BCUT2D eigenvalue weighted by atomic mass is 35.5. The second-order valence-corrected chi connectivity index (χ2v) is 9.96. The van der Waals surface area contributed by atoms with E-state index in [0.29, 0.717) is 10.6 Å². The molecule has 0 unspecified atom stereocenters. The smallest absolute Gasteiger partial charge is 0.329 e. The van der Waals surface area contributed by atoms with Crippen molar-refractivity contribution in [1.29, 1.82) is 0 Å². The molecule has 3 aromatic rings. The Labute approximate surface area is 212 Å². The summed E-state index contributed by atoms with van der Waals surface area (Å²) in [6.07, 6.45) is 0. The van der Waals surface area contributed by atoms with E-state index in [4.69, 9.17) is 16.3 Å². The summed E-state index contributed by atoms with van der Waals surface area (Å²) < 4.78 is 5.24. The van der Waals surface area contributed by atoms with E-state index in [1.807, 2.05) is 48.5 Å². The van der Waals surface area contributed by atoms with Gasteiger partial charge in [-0.05, 0) is 53.4 Å². The molecule has 0 spiro atoms. The number of rotatable bonds is 5. The van der Waals surface area contributed by atoms with Crippen LogP contribution in [-0.2, 0) is 19.1 Å². The number of hydrogen-bond donors (Lipinski definition) is 0. The van der Waals surface area contributed by atoms with Gasteiger partial charge in [0.1, 0.15) is 6.04 Å². The van der Waals surface area contributed by atoms with E-state index in [1.165, 1.54) is 6.92 Å². The first kappa shape index (κ1) is 22.7. The van der Waals surface area contributed by atoms with Crippen molar-refractivity contribution in [1.82, 2.24) is 4.90 Å². The Balaban J connectivity index is 1.26. The fourth-order valence-electron chi connectivity index (χ4n) is 6.16. The minimum Gasteiger partial charge on any atom is -0.456 e. The molecule has 1 heterocycles. The minimum atomic E-state index is -1.14. The summed E-state index contributed by atoms with van der Waals surface area (Å²) in [4.78, 5) is 53.8. The van der Waals surface area contributed by atoms with Crippen LogP contribution in [0.4, 0.5) is 0 Å². The number of carbonyl (C=O) groups excluding carboxylic acids is 4. The number of amides is 2. The Morgan fingerprint density at radius 3 is 1.69 bits per heavy atom. The number of halogens is 1. The molecule has 0 N–H and O–H groups in total. The average molecular weight is 500 g/mol. The summed E-state index contributed by atoms with van der Waals surface area (Å²) in [6, 6.07) is 21.0. The monoisotopic (exact) mass is 499 g/mol. The molecule has 3 atom stereocenters. The van der Waals surface area contributed by atoms with E-state index in [9.17, 15) is 19.2 Å². The summed E-state index contributed by atoms with van der Waals surface area (Å²) in [7, 11) is 0. The third-order valence-electron chi connectivity index (χ3n) is 7.72. The number of nitrogens with zero attached hydrogens (tertiary/aromatic N) is 1. The van der Waals surface area contributed by atoms with Crippen molar-refractivity contribution in [3.05, 3.63) is 106 Å². The molecule has 3 aromatic carbocycles. The van der Waals surface area contributed by atoms with Crippen molar-refractivity contribution in [2.24, 2.45) is 11.8 Å². The van der Waals surface area contributed by atoms with Crippen LogP contribution < -0.4 is 0 Å². The summed E-state index contributed by atoms with van der Waals surface area (Å²) in [5, 5.41) is 0.489. The van der Waals surface area contributed by atoms with Crippen molar-refractivity contribution in [2.45, 2.75) is 24.8 Å². The molecule has 1 saturated heterocycles. The number of carbonyl (C=O) groups is 4. The normalized spacial score (nSPS) is 24.1. The van der Waals surface area contributed by atoms with E-state index < -0.39 is 36.2 Å². The lowest BCUT2D eigenvalue weighted by molar-refractivity contribution is -0.157. The number of likely N-dealkylation sites (tertiary alicyclic amines) is 1. The second-order valence-electron chi connectivity index (χ2n) is 9.52. The zero-order chi connectivity index (χ0) is 25.1. The molecule has 1 fully saturated rings. The van der Waals surface area contributed by atoms with E-state index >= 15 is 0 Å². The third kappa shape index (κ3) is 3.24. The van der Waals surface area contributed by atoms with Gasteiger partial charge in [0, 0.05) is 22.4 Å². The summed E-state index contributed by atoms with van der Waals surface area (Å²) in [5.74, 6) is -3.55. The Morgan fingerprint density at radius 1 is 0.806 bits per heavy atom. The molecule has 7 rings (SSSR count). The van der Waals surface area contributed by atoms with Crippen LogP contribution in [0.3, 0.4) is 0 Å². The molecule has 2 amide bonds. The van der Waals surface area contributed by atoms with E-state index in [-0.39, 0.29) is 23.7 Å². The Hall–Kier alpha value is -3.77. The van der Waals surface area contributed by atoms with Crippen LogP contribution in [0.1, 0.15) is 51.4 Å². The van der Waals surface area contributed by atoms with E-state index in [0.717, 1.165) is 27.2 Å². The van der Waals surface area contributed by atoms with Gasteiger partial charge in [0.2, 0.25) is 11.8 Å². The third-order valence-corrected chi connectivity index (χ3v) is 7.97. The summed E-state index contributed by atoms with van der Waals surface area (Å²) >= 11 is 5.86. The largest absolute Gasteiger partial charge is 0.456 e. The zero-order valence-corrected chi connectivity index (χ0v) is 20.1. The van der Waals surface area contributed by atoms with Gasteiger partial charge in [-0.25, -0.2) is 4.79 Å². The number of ether oxygens (including phenoxy) is 1. The minimum absolute atomic E-state index is 0.247. The molecule has 2 bridgehead atoms. The maximum Gasteiger partial charge on any atom is 0.329 e. The Bertz CT molecular complexity index is 1320. The highest BCUT2D eigenvalue weighted by molar-refractivity contribution is 6.30. The van der Waals surface area contributed by atoms with Gasteiger partial charge in [0.15, 0.2) is 12.4 Å². The molecule has 4 aliphatic rings. The van der Waals surface area contributed by atoms with Gasteiger partial charge in [0.05, 0.1) is 11.8 Å². The quantitative estimate of drug-likeness (QED) is 0.296. The maximum atomic E-state index is 13.7. The first-order valence-corrected chi connectivity index (χ1v) is 12.3. The van der Waals surface area contributed by atoms with Crippen LogP contribution in [0, 0.1) is 11.8 Å². The van der Waals surface area contributed by atoms with Crippen LogP contribution in [-0.4, -0.2) is 41.1 Å². The lowest BCUT2D eigenvalue weighted by Crippen LogP contribution is -2.45. The SMILES string of the molecule is C[C@H](C(=O)OCC(=O)c1ccc(Cl)cc1)N1C(=O)[C@@H]2C3c4ccccc4C(c4ccccc43)[C@H]2C1=O. The average Bonchev–Trinajstić information content (AvgIpc) is 3.17. The molecule has 36 heavy (non-hydrogen) atoms. The van der Waals surface area contributed by atoms with Crippen molar-refractivity contribution in [3.63, 3.8) is 0 Å². The lowest BCUT2D eigenvalue weighted by atomic mass is 9.55. The zero-order valence-electron chi connectivity index (χ0n) is 19.4. The summed E-state index contributed by atoms with van der Waals surface area (Å²) in [6.45, 7) is 0.987. The van der Waals surface area contributed by atoms with Crippen LogP contribution in [0.25, 0.3) is 0 Å². The van der Waals surface area contributed by atoms with Crippen molar-refractivity contribution in [2.75, 3.05) is 6.61 Å². The van der Waals surface area contributed by atoms with Crippen LogP contribution in [0.15, 0.2) is 72.8 Å². The number of benzene rings is 3.